The van der Waals surface area contributed by atoms with Crippen molar-refractivity contribution in [3.63, 3.8) is 0 Å². The largest absolute Gasteiger partial charge is 0.459 e. The van der Waals surface area contributed by atoms with Crippen LogP contribution >= 0.6 is 0 Å². The number of hydrogen-bond acceptors (Lipinski definition) is 3. The van der Waals surface area contributed by atoms with E-state index in [-0.39, 0.29) is 11.6 Å². The number of halogens is 1. The Morgan fingerprint density at radius 1 is 1.19 bits per heavy atom. The number of carbonyl (C=O) groups is 1. The van der Waals surface area contributed by atoms with Crippen LogP contribution in [0, 0.1) is 5.82 Å². The van der Waals surface area contributed by atoms with Crippen LogP contribution in [0.5, 0.6) is 0 Å². The Bertz CT molecular complexity index is 465. The van der Waals surface area contributed by atoms with Crippen molar-refractivity contribution in [1.82, 2.24) is 5.43 Å². The van der Waals surface area contributed by atoms with E-state index < -0.39 is 5.91 Å². The molecular weight excluding hydrogens is 211 g/mol. The first-order valence-corrected chi connectivity index (χ1v) is 4.61. The normalized spacial score (nSPS) is 9.81. The molecule has 82 valence electrons. The second-order valence-electron chi connectivity index (χ2n) is 3.06. The van der Waals surface area contributed by atoms with Crippen LogP contribution < -0.4 is 10.9 Å². The van der Waals surface area contributed by atoms with Gasteiger partial charge in [-0.2, -0.15) is 0 Å². The van der Waals surface area contributed by atoms with Gasteiger partial charge in [-0.3, -0.25) is 15.6 Å². The quantitative estimate of drug-likeness (QED) is 0.779. The lowest BCUT2D eigenvalue weighted by molar-refractivity contribution is 0.0935. The van der Waals surface area contributed by atoms with Gasteiger partial charge in [0.15, 0.2) is 5.76 Å². The van der Waals surface area contributed by atoms with Gasteiger partial charge in [-0.1, -0.05) is 0 Å². The summed E-state index contributed by atoms with van der Waals surface area (Å²) >= 11 is 0. The van der Waals surface area contributed by atoms with Crippen LogP contribution in [0.25, 0.3) is 0 Å². The van der Waals surface area contributed by atoms with Crippen LogP contribution in [0.15, 0.2) is 47.1 Å². The van der Waals surface area contributed by atoms with E-state index in [9.17, 15) is 9.18 Å². The van der Waals surface area contributed by atoms with Gasteiger partial charge in [0, 0.05) is 0 Å². The predicted octanol–water partition coefficient (Wildman–Crippen LogP) is 2.18. The molecule has 2 rings (SSSR count). The molecule has 2 N–H and O–H groups in total. The highest BCUT2D eigenvalue weighted by atomic mass is 19.1. The lowest BCUT2D eigenvalue weighted by Gasteiger charge is -2.06. The maximum absolute atomic E-state index is 12.6. The van der Waals surface area contributed by atoms with Gasteiger partial charge >= 0.3 is 5.91 Å². The van der Waals surface area contributed by atoms with Crippen molar-refractivity contribution in [3.8, 4) is 0 Å². The molecule has 0 atom stereocenters. The zero-order valence-corrected chi connectivity index (χ0v) is 8.24. The number of hydrazine groups is 1. The fourth-order valence-electron chi connectivity index (χ4n) is 1.13. The Balaban J connectivity index is 1.93. The monoisotopic (exact) mass is 220 g/mol. The number of carbonyl (C=O) groups excluding carboxylic acids is 1. The topological polar surface area (TPSA) is 54.3 Å². The number of benzene rings is 1. The smallest absolute Gasteiger partial charge is 0.305 e. The van der Waals surface area contributed by atoms with Crippen LogP contribution in [0.2, 0.25) is 0 Å². The van der Waals surface area contributed by atoms with Gasteiger partial charge in [-0.05, 0) is 36.4 Å². The highest BCUT2D eigenvalue weighted by Gasteiger charge is 2.06. The van der Waals surface area contributed by atoms with Crippen LogP contribution in [-0.2, 0) is 0 Å². The summed E-state index contributed by atoms with van der Waals surface area (Å²) in [6.45, 7) is 0. The minimum absolute atomic E-state index is 0.203. The molecule has 1 heterocycles. The van der Waals surface area contributed by atoms with Crippen molar-refractivity contribution >= 4 is 11.6 Å². The first-order valence-electron chi connectivity index (χ1n) is 4.61. The third kappa shape index (κ3) is 2.38. The number of nitrogens with one attached hydrogen (secondary N) is 2. The number of amides is 1. The number of rotatable bonds is 3. The fraction of sp³-hybridized carbons (Fsp3) is 0. The molecular formula is C11H9FN2O2. The molecule has 0 saturated carbocycles. The molecule has 0 bridgehead atoms. The van der Waals surface area contributed by atoms with Gasteiger partial charge in [-0.15, -0.1) is 0 Å². The standard InChI is InChI=1S/C11H9FN2O2/c12-8-3-5-9(6-4-8)13-14-11(15)10-2-1-7-16-10/h1-7,13H,(H,14,15). The Morgan fingerprint density at radius 3 is 2.56 bits per heavy atom. The zero-order chi connectivity index (χ0) is 11.4. The van der Waals surface area contributed by atoms with E-state index in [4.69, 9.17) is 4.42 Å². The zero-order valence-electron chi connectivity index (χ0n) is 8.24. The Morgan fingerprint density at radius 2 is 1.94 bits per heavy atom. The van der Waals surface area contributed by atoms with Crippen LogP contribution in [0.4, 0.5) is 10.1 Å². The summed E-state index contributed by atoms with van der Waals surface area (Å²) in [5.41, 5.74) is 5.63. The second-order valence-corrected chi connectivity index (χ2v) is 3.06. The molecule has 0 radical (unpaired) electrons. The van der Waals surface area contributed by atoms with Crippen molar-refractivity contribution in [3.05, 3.63) is 54.2 Å². The summed E-state index contributed by atoms with van der Waals surface area (Å²) in [6, 6.07) is 8.77. The molecule has 4 nitrogen and oxygen atoms in total. The minimum Gasteiger partial charge on any atom is -0.459 e. The molecule has 0 unspecified atom stereocenters. The van der Waals surface area contributed by atoms with E-state index in [1.54, 1.807) is 12.1 Å². The first-order chi connectivity index (χ1) is 7.75. The molecule has 1 aromatic heterocycles. The van der Waals surface area contributed by atoms with Crippen molar-refractivity contribution in [2.45, 2.75) is 0 Å². The van der Waals surface area contributed by atoms with E-state index in [1.807, 2.05) is 0 Å². The Kier molecular flexibility index (Phi) is 2.86. The average Bonchev–Trinajstić information content (AvgIpc) is 2.81. The third-order valence-electron chi connectivity index (χ3n) is 1.91. The highest BCUT2D eigenvalue weighted by Crippen LogP contribution is 2.07. The van der Waals surface area contributed by atoms with Crippen molar-refractivity contribution in [2.24, 2.45) is 0 Å². The molecule has 0 aliphatic rings. The number of anilines is 1. The van der Waals surface area contributed by atoms with E-state index in [1.165, 1.54) is 30.5 Å². The molecule has 0 saturated heterocycles. The van der Waals surface area contributed by atoms with E-state index in [2.05, 4.69) is 10.9 Å². The number of hydrogen-bond donors (Lipinski definition) is 2. The maximum atomic E-state index is 12.6. The molecule has 2 aromatic rings. The van der Waals surface area contributed by atoms with Crippen molar-refractivity contribution < 1.29 is 13.6 Å². The summed E-state index contributed by atoms with van der Waals surface area (Å²) in [7, 11) is 0. The average molecular weight is 220 g/mol. The summed E-state index contributed by atoms with van der Waals surface area (Å²) in [4.78, 5) is 11.4. The summed E-state index contributed by atoms with van der Waals surface area (Å²) < 4.78 is 17.5. The SMILES string of the molecule is O=C(NNc1ccc(F)cc1)c1ccco1. The van der Waals surface area contributed by atoms with Crippen molar-refractivity contribution in [2.75, 3.05) is 5.43 Å². The van der Waals surface area contributed by atoms with Crippen LogP contribution in [-0.4, -0.2) is 5.91 Å². The number of furan rings is 1. The van der Waals surface area contributed by atoms with Gasteiger partial charge in [0.25, 0.3) is 0 Å². The fourth-order valence-corrected chi connectivity index (χ4v) is 1.13. The van der Waals surface area contributed by atoms with Gasteiger partial charge in [-0.25, -0.2) is 4.39 Å². The molecule has 1 amide bonds. The first kappa shape index (κ1) is 10.2. The van der Waals surface area contributed by atoms with E-state index in [0.717, 1.165) is 0 Å². The second kappa shape index (κ2) is 4.48. The Labute approximate surface area is 91.0 Å². The van der Waals surface area contributed by atoms with E-state index in [0.29, 0.717) is 5.69 Å². The molecule has 0 aliphatic heterocycles. The molecule has 0 aliphatic carbocycles. The third-order valence-corrected chi connectivity index (χ3v) is 1.91. The Hall–Kier alpha value is -2.30. The van der Waals surface area contributed by atoms with Gasteiger partial charge < -0.3 is 4.42 Å². The van der Waals surface area contributed by atoms with Gasteiger partial charge in [0.1, 0.15) is 5.82 Å². The molecule has 0 fully saturated rings. The minimum atomic E-state index is -0.394. The predicted molar refractivity (Wildman–Crippen MR) is 56.2 cm³/mol. The molecule has 16 heavy (non-hydrogen) atoms. The van der Waals surface area contributed by atoms with Crippen LogP contribution in [0.3, 0.4) is 0 Å². The lowest BCUT2D eigenvalue weighted by Crippen LogP contribution is -2.28. The maximum Gasteiger partial charge on any atom is 0.305 e. The van der Waals surface area contributed by atoms with Gasteiger partial charge in [0.05, 0.1) is 12.0 Å². The van der Waals surface area contributed by atoms with Crippen molar-refractivity contribution in [1.29, 1.82) is 0 Å². The molecule has 0 spiro atoms. The molecule has 5 heteroatoms. The molecule has 1 aromatic carbocycles. The van der Waals surface area contributed by atoms with Gasteiger partial charge in [0.2, 0.25) is 0 Å². The van der Waals surface area contributed by atoms with E-state index >= 15 is 0 Å². The highest BCUT2D eigenvalue weighted by molar-refractivity contribution is 5.92. The summed E-state index contributed by atoms with van der Waals surface area (Å²) in [6.07, 6.45) is 1.41. The summed E-state index contributed by atoms with van der Waals surface area (Å²) in [5, 5.41) is 0. The summed E-state index contributed by atoms with van der Waals surface area (Å²) in [5.74, 6) is -0.521. The lowest BCUT2D eigenvalue weighted by atomic mass is 10.3. The van der Waals surface area contributed by atoms with Crippen LogP contribution in [0.1, 0.15) is 10.6 Å².